The maximum Gasteiger partial charge on any atom is 0.257 e. The highest BCUT2D eigenvalue weighted by molar-refractivity contribution is 7.10. The number of pyridine rings is 1. The number of nitrogens with one attached hydrogen (secondary N) is 2. The summed E-state index contributed by atoms with van der Waals surface area (Å²) in [4.78, 5) is 40.1. The largest absolute Gasteiger partial charge is 0.383 e. The minimum Gasteiger partial charge on any atom is -0.383 e. The van der Waals surface area contributed by atoms with E-state index in [-0.39, 0.29) is 17.2 Å². The van der Waals surface area contributed by atoms with Gasteiger partial charge in [0.1, 0.15) is 11.1 Å². The van der Waals surface area contributed by atoms with Crippen molar-refractivity contribution in [2.45, 2.75) is 58.0 Å². The maximum absolute atomic E-state index is 13.1. The predicted octanol–water partition coefficient (Wildman–Crippen LogP) is 3.75. The third-order valence-corrected chi connectivity index (χ3v) is 6.98. The fourth-order valence-electron chi connectivity index (χ4n) is 4.10. The Labute approximate surface area is 193 Å². The molecule has 2 N–H and O–H groups in total. The Morgan fingerprint density at radius 1 is 1.19 bits per heavy atom. The van der Waals surface area contributed by atoms with E-state index in [4.69, 9.17) is 4.74 Å². The molecule has 2 aromatic rings. The smallest absolute Gasteiger partial charge is 0.257 e. The molecule has 1 aliphatic rings. The van der Waals surface area contributed by atoms with Gasteiger partial charge in [-0.05, 0) is 36.6 Å². The summed E-state index contributed by atoms with van der Waals surface area (Å²) >= 11 is 1.56. The van der Waals surface area contributed by atoms with Crippen LogP contribution in [-0.4, -0.2) is 36.6 Å². The monoisotopic (exact) mass is 459 g/mol. The molecule has 174 valence electrons. The molecule has 1 aliphatic carbocycles. The summed E-state index contributed by atoms with van der Waals surface area (Å²) in [6, 6.07) is 3.72. The first-order valence-corrected chi connectivity index (χ1v) is 12.3. The molecule has 2 aromatic heterocycles. The van der Waals surface area contributed by atoms with Crippen LogP contribution in [0.2, 0.25) is 0 Å². The van der Waals surface area contributed by atoms with E-state index in [1.54, 1.807) is 23.0 Å². The second-order valence-electron chi connectivity index (χ2n) is 8.31. The Morgan fingerprint density at radius 3 is 2.53 bits per heavy atom. The van der Waals surface area contributed by atoms with Crippen molar-refractivity contribution in [1.29, 1.82) is 0 Å². The molecule has 0 aromatic carbocycles. The van der Waals surface area contributed by atoms with Crippen LogP contribution >= 0.6 is 11.3 Å². The van der Waals surface area contributed by atoms with E-state index in [0.29, 0.717) is 32.0 Å². The van der Waals surface area contributed by atoms with Gasteiger partial charge in [0.2, 0.25) is 5.43 Å². The summed E-state index contributed by atoms with van der Waals surface area (Å²) in [6.45, 7) is 3.38. The summed E-state index contributed by atoms with van der Waals surface area (Å²) in [6.07, 6.45) is 9.54. The van der Waals surface area contributed by atoms with Crippen LogP contribution in [0.25, 0.3) is 0 Å². The lowest BCUT2D eigenvalue weighted by molar-refractivity contribution is 0.0933. The molecular formula is C24H33N3O4S. The van der Waals surface area contributed by atoms with E-state index in [9.17, 15) is 14.4 Å². The summed E-state index contributed by atoms with van der Waals surface area (Å²) in [7, 11) is 1.58. The summed E-state index contributed by atoms with van der Waals surface area (Å²) in [5, 5.41) is 7.83. The Kier molecular flexibility index (Phi) is 9.05. The molecule has 1 unspecified atom stereocenters. The first-order chi connectivity index (χ1) is 15.5. The van der Waals surface area contributed by atoms with Gasteiger partial charge in [-0.1, -0.05) is 32.3 Å². The first-order valence-electron chi connectivity index (χ1n) is 11.4. The van der Waals surface area contributed by atoms with Gasteiger partial charge in [0.05, 0.1) is 12.6 Å². The second-order valence-corrected chi connectivity index (χ2v) is 9.29. The van der Waals surface area contributed by atoms with Gasteiger partial charge in [-0.15, -0.1) is 11.3 Å². The number of hydrogen-bond donors (Lipinski definition) is 2. The first kappa shape index (κ1) is 24.2. The van der Waals surface area contributed by atoms with Crippen molar-refractivity contribution < 1.29 is 14.3 Å². The number of nitrogens with zero attached hydrogens (tertiary/aromatic N) is 1. The van der Waals surface area contributed by atoms with Gasteiger partial charge in [0, 0.05) is 37.5 Å². The highest BCUT2D eigenvalue weighted by Crippen LogP contribution is 2.23. The summed E-state index contributed by atoms with van der Waals surface area (Å²) in [5.74, 6) is -0.443. The Hall–Kier alpha value is -2.45. The van der Waals surface area contributed by atoms with Crippen molar-refractivity contribution in [1.82, 2.24) is 15.2 Å². The number of rotatable bonds is 10. The van der Waals surface area contributed by atoms with E-state index in [1.165, 1.54) is 31.7 Å². The molecule has 0 saturated heterocycles. The maximum atomic E-state index is 13.1. The van der Waals surface area contributed by atoms with Crippen molar-refractivity contribution in [2.75, 3.05) is 20.3 Å². The number of amides is 2. The van der Waals surface area contributed by atoms with Crippen LogP contribution < -0.4 is 16.1 Å². The van der Waals surface area contributed by atoms with Gasteiger partial charge < -0.3 is 19.9 Å². The van der Waals surface area contributed by atoms with E-state index >= 15 is 0 Å². The molecule has 2 heterocycles. The van der Waals surface area contributed by atoms with Crippen molar-refractivity contribution in [3.8, 4) is 0 Å². The molecule has 2 amide bonds. The zero-order valence-electron chi connectivity index (χ0n) is 18.9. The average molecular weight is 460 g/mol. The van der Waals surface area contributed by atoms with Gasteiger partial charge in [-0.3, -0.25) is 14.4 Å². The molecular weight excluding hydrogens is 426 g/mol. The Bertz CT molecular complexity index is 949. The van der Waals surface area contributed by atoms with Crippen molar-refractivity contribution >= 4 is 23.2 Å². The van der Waals surface area contributed by atoms with Crippen LogP contribution in [0.4, 0.5) is 0 Å². The molecule has 7 nitrogen and oxygen atoms in total. The molecule has 0 aliphatic heterocycles. The summed E-state index contributed by atoms with van der Waals surface area (Å²) in [5.41, 5.74) is -0.575. The minimum atomic E-state index is -0.543. The number of aromatic nitrogens is 1. The fourth-order valence-corrected chi connectivity index (χ4v) is 4.97. The molecule has 0 radical (unpaired) electrons. The normalized spacial score (nSPS) is 15.3. The third-order valence-electron chi connectivity index (χ3n) is 6.00. The van der Waals surface area contributed by atoms with Crippen molar-refractivity contribution in [3.05, 3.63) is 56.1 Å². The third kappa shape index (κ3) is 6.29. The van der Waals surface area contributed by atoms with Gasteiger partial charge in [-0.2, -0.15) is 0 Å². The SMILES string of the molecule is CCC(NC(=O)c1cn(CCOC)cc(C(=O)NCC2CCCCC2)c1=O)c1cccs1. The number of carbonyl (C=O) groups excluding carboxylic acids is 2. The van der Waals surface area contributed by atoms with Crippen LogP contribution in [-0.2, 0) is 11.3 Å². The molecule has 0 bridgehead atoms. The zero-order valence-corrected chi connectivity index (χ0v) is 19.7. The lowest BCUT2D eigenvalue weighted by Gasteiger charge is -2.22. The molecule has 1 atom stereocenters. The lowest BCUT2D eigenvalue weighted by atomic mass is 9.89. The summed E-state index contributed by atoms with van der Waals surface area (Å²) < 4.78 is 6.82. The van der Waals surface area contributed by atoms with Crippen LogP contribution in [0.5, 0.6) is 0 Å². The molecule has 32 heavy (non-hydrogen) atoms. The predicted molar refractivity (Wildman–Crippen MR) is 126 cm³/mol. The molecule has 3 rings (SSSR count). The van der Waals surface area contributed by atoms with E-state index in [0.717, 1.165) is 17.7 Å². The number of hydrogen-bond acceptors (Lipinski definition) is 5. The Balaban J connectivity index is 1.81. The van der Waals surface area contributed by atoms with Crippen LogP contribution in [0, 0.1) is 5.92 Å². The van der Waals surface area contributed by atoms with Crippen LogP contribution in [0.1, 0.15) is 77.1 Å². The molecule has 1 saturated carbocycles. The van der Waals surface area contributed by atoms with Gasteiger partial charge in [-0.25, -0.2) is 0 Å². The van der Waals surface area contributed by atoms with Gasteiger partial charge >= 0.3 is 0 Å². The molecule has 8 heteroatoms. The molecule has 0 spiro atoms. The average Bonchev–Trinajstić information content (AvgIpc) is 3.35. The fraction of sp³-hybridized carbons (Fsp3) is 0.542. The second kappa shape index (κ2) is 12.0. The topological polar surface area (TPSA) is 89.4 Å². The van der Waals surface area contributed by atoms with Crippen molar-refractivity contribution in [3.63, 3.8) is 0 Å². The van der Waals surface area contributed by atoms with E-state index in [2.05, 4.69) is 10.6 Å². The lowest BCUT2D eigenvalue weighted by Crippen LogP contribution is -2.38. The highest BCUT2D eigenvalue weighted by Gasteiger charge is 2.23. The highest BCUT2D eigenvalue weighted by atomic mass is 32.1. The van der Waals surface area contributed by atoms with Gasteiger partial charge in [0.15, 0.2) is 0 Å². The number of methoxy groups -OCH3 is 1. The zero-order chi connectivity index (χ0) is 22.9. The molecule has 1 fully saturated rings. The van der Waals surface area contributed by atoms with Crippen molar-refractivity contribution in [2.24, 2.45) is 5.92 Å². The Morgan fingerprint density at radius 2 is 1.91 bits per heavy atom. The standard InChI is InChI=1S/C24H33N3O4S/c1-3-20(21-10-7-13-32-21)26-24(30)19-16-27(11-12-31-2)15-18(22(19)28)23(29)25-14-17-8-5-4-6-9-17/h7,10,13,15-17,20H,3-6,8-9,11-12,14H2,1-2H3,(H,25,29)(H,26,30). The number of thiophene rings is 1. The van der Waals surface area contributed by atoms with Crippen LogP contribution in [0.3, 0.4) is 0 Å². The van der Waals surface area contributed by atoms with Gasteiger partial charge in [0.25, 0.3) is 11.8 Å². The van der Waals surface area contributed by atoms with Crippen LogP contribution in [0.15, 0.2) is 34.7 Å². The quantitative estimate of drug-likeness (QED) is 0.566. The number of carbonyl (C=O) groups is 2. The van der Waals surface area contributed by atoms with E-state index in [1.807, 2.05) is 24.4 Å². The number of ether oxygens (including phenoxy) is 1. The minimum absolute atomic E-state index is 0.00580. The van der Waals surface area contributed by atoms with E-state index < -0.39 is 17.2 Å².